The molecule has 1 nitrogen and oxygen atoms in total. The van der Waals surface area contributed by atoms with Crippen LogP contribution in [0.4, 0.5) is 18.9 Å². The van der Waals surface area contributed by atoms with Crippen LogP contribution in [0.15, 0.2) is 22.7 Å². The van der Waals surface area contributed by atoms with Gasteiger partial charge in [0, 0.05) is 16.2 Å². The summed E-state index contributed by atoms with van der Waals surface area (Å²) < 4.78 is 39.2. The van der Waals surface area contributed by atoms with Crippen molar-refractivity contribution in [1.82, 2.24) is 0 Å². The van der Waals surface area contributed by atoms with E-state index in [0.29, 0.717) is 6.42 Å². The first-order valence-corrected chi connectivity index (χ1v) is 7.25. The maximum Gasteiger partial charge on any atom is 0.391 e. The predicted octanol–water partition coefficient (Wildman–Crippen LogP) is 5.29. The molecule has 0 saturated heterocycles. The molecule has 1 N–H and O–H groups in total. The molecule has 0 bridgehead atoms. The van der Waals surface area contributed by atoms with E-state index >= 15 is 0 Å². The van der Waals surface area contributed by atoms with Crippen LogP contribution in [-0.2, 0) is 0 Å². The van der Waals surface area contributed by atoms with Crippen molar-refractivity contribution in [3.8, 4) is 0 Å². The Bertz CT molecular complexity index is 445. The highest BCUT2D eigenvalue weighted by Crippen LogP contribution is 2.38. The van der Waals surface area contributed by atoms with Crippen molar-refractivity contribution in [3.05, 3.63) is 28.2 Å². The smallest absolute Gasteiger partial charge is 0.382 e. The average Bonchev–Trinajstić information content (AvgIpc) is 2.33. The number of aryl methyl sites for hydroxylation is 1. The van der Waals surface area contributed by atoms with E-state index in [1.165, 1.54) is 0 Å². The Labute approximate surface area is 119 Å². The molecule has 0 heterocycles. The molecule has 106 valence electrons. The van der Waals surface area contributed by atoms with Gasteiger partial charge in [-0.1, -0.05) is 22.4 Å². The fraction of sp³-hybridized carbons (Fsp3) is 0.571. The van der Waals surface area contributed by atoms with E-state index in [2.05, 4.69) is 21.2 Å². The molecule has 0 spiro atoms. The number of rotatable bonds is 2. The van der Waals surface area contributed by atoms with Crippen LogP contribution in [0.3, 0.4) is 0 Å². The number of anilines is 1. The minimum Gasteiger partial charge on any atom is -0.382 e. The molecule has 1 aromatic rings. The van der Waals surface area contributed by atoms with Gasteiger partial charge in [-0.05, 0) is 49.9 Å². The van der Waals surface area contributed by atoms with E-state index in [0.717, 1.165) is 22.1 Å². The lowest BCUT2D eigenvalue weighted by Crippen LogP contribution is -2.34. The topological polar surface area (TPSA) is 12.0 Å². The number of nitrogens with one attached hydrogen (secondary N) is 1. The SMILES string of the molecule is Cc1cc(NC2CCCC(C(F)(F)F)C2)ccc1Br. The molecule has 2 unspecified atom stereocenters. The van der Waals surface area contributed by atoms with Crippen molar-refractivity contribution in [2.75, 3.05) is 5.32 Å². The van der Waals surface area contributed by atoms with E-state index in [1.807, 2.05) is 25.1 Å². The Morgan fingerprint density at radius 2 is 2.00 bits per heavy atom. The fourth-order valence-electron chi connectivity index (χ4n) is 2.59. The van der Waals surface area contributed by atoms with Crippen molar-refractivity contribution >= 4 is 21.6 Å². The van der Waals surface area contributed by atoms with Gasteiger partial charge < -0.3 is 5.32 Å². The van der Waals surface area contributed by atoms with E-state index in [9.17, 15) is 13.2 Å². The number of benzene rings is 1. The fourth-order valence-corrected chi connectivity index (χ4v) is 2.83. The molecule has 0 aliphatic heterocycles. The molecule has 0 amide bonds. The summed E-state index contributed by atoms with van der Waals surface area (Å²) in [4.78, 5) is 0. The summed E-state index contributed by atoms with van der Waals surface area (Å²) in [5.74, 6) is -1.16. The normalized spacial score (nSPS) is 24.3. The van der Waals surface area contributed by atoms with Crippen molar-refractivity contribution < 1.29 is 13.2 Å². The maximum absolute atomic E-state index is 12.7. The summed E-state index contributed by atoms with van der Waals surface area (Å²) in [5, 5.41) is 3.23. The molecule has 2 atom stereocenters. The van der Waals surface area contributed by atoms with Crippen LogP contribution in [0.2, 0.25) is 0 Å². The lowest BCUT2D eigenvalue weighted by molar-refractivity contribution is -0.182. The van der Waals surface area contributed by atoms with Gasteiger partial charge in [0.1, 0.15) is 0 Å². The van der Waals surface area contributed by atoms with Gasteiger partial charge in [-0.25, -0.2) is 0 Å². The summed E-state index contributed by atoms with van der Waals surface area (Å²) in [6.45, 7) is 1.97. The lowest BCUT2D eigenvalue weighted by Gasteiger charge is -2.31. The van der Waals surface area contributed by atoms with Crippen LogP contribution >= 0.6 is 15.9 Å². The Morgan fingerprint density at radius 1 is 1.26 bits per heavy atom. The van der Waals surface area contributed by atoms with Crippen molar-refractivity contribution in [2.45, 2.75) is 44.8 Å². The third-order valence-corrected chi connectivity index (χ3v) is 4.56. The number of hydrogen-bond donors (Lipinski definition) is 1. The van der Waals surface area contributed by atoms with Crippen LogP contribution in [0.1, 0.15) is 31.2 Å². The standard InChI is InChI=1S/C14H17BrF3N/c1-9-7-12(5-6-13(9)15)19-11-4-2-3-10(8-11)14(16,17)18/h5-7,10-11,19H,2-4,8H2,1H3. The minimum atomic E-state index is -4.06. The van der Waals surface area contributed by atoms with Gasteiger partial charge in [-0.3, -0.25) is 0 Å². The Balaban J connectivity index is 2.00. The summed E-state index contributed by atoms with van der Waals surface area (Å²) in [5.41, 5.74) is 1.97. The second-order valence-corrected chi connectivity index (χ2v) is 6.06. The zero-order valence-electron chi connectivity index (χ0n) is 10.7. The van der Waals surface area contributed by atoms with E-state index in [1.54, 1.807) is 0 Å². The number of alkyl halides is 3. The van der Waals surface area contributed by atoms with Gasteiger partial charge in [-0.15, -0.1) is 0 Å². The molecule has 1 aliphatic rings. The van der Waals surface area contributed by atoms with Crippen LogP contribution < -0.4 is 5.32 Å². The highest BCUT2D eigenvalue weighted by molar-refractivity contribution is 9.10. The summed E-state index contributed by atoms with van der Waals surface area (Å²) >= 11 is 3.41. The molecule has 1 fully saturated rings. The summed E-state index contributed by atoms with van der Waals surface area (Å²) in [7, 11) is 0. The monoisotopic (exact) mass is 335 g/mol. The van der Waals surface area contributed by atoms with E-state index in [4.69, 9.17) is 0 Å². The summed E-state index contributed by atoms with van der Waals surface area (Å²) in [6.07, 6.45) is -2.17. The highest BCUT2D eigenvalue weighted by Gasteiger charge is 2.42. The maximum atomic E-state index is 12.7. The molecule has 2 rings (SSSR count). The van der Waals surface area contributed by atoms with Gasteiger partial charge in [0.15, 0.2) is 0 Å². The quantitative estimate of drug-likeness (QED) is 0.774. The molecule has 19 heavy (non-hydrogen) atoms. The highest BCUT2D eigenvalue weighted by atomic mass is 79.9. The molecule has 1 saturated carbocycles. The molecule has 1 aromatic carbocycles. The second kappa shape index (κ2) is 5.73. The largest absolute Gasteiger partial charge is 0.391 e. The molecule has 0 radical (unpaired) electrons. The van der Waals surface area contributed by atoms with Crippen LogP contribution in [0.5, 0.6) is 0 Å². The average molecular weight is 336 g/mol. The van der Waals surface area contributed by atoms with Crippen molar-refractivity contribution in [1.29, 1.82) is 0 Å². The first-order valence-electron chi connectivity index (χ1n) is 6.45. The molecule has 1 aliphatic carbocycles. The third kappa shape index (κ3) is 3.88. The van der Waals surface area contributed by atoms with Crippen molar-refractivity contribution in [3.63, 3.8) is 0 Å². The first-order chi connectivity index (χ1) is 8.86. The molecular formula is C14H17BrF3N. The Hall–Kier alpha value is -0.710. The second-order valence-electron chi connectivity index (χ2n) is 5.21. The zero-order valence-corrected chi connectivity index (χ0v) is 12.3. The van der Waals surface area contributed by atoms with Crippen LogP contribution in [0, 0.1) is 12.8 Å². The molecule has 0 aromatic heterocycles. The molecular weight excluding hydrogens is 319 g/mol. The number of hydrogen-bond acceptors (Lipinski definition) is 1. The minimum absolute atomic E-state index is 0.0825. The van der Waals surface area contributed by atoms with Gasteiger partial charge in [-0.2, -0.15) is 13.2 Å². The van der Waals surface area contributed by atoms with E-state index < -0.39 is 12.1 Å². The third-order valence-electron chi connectivity index (χ3n) is 3.67. The summed E-state index contributed by atoms with van der Waals surface area (Å²) in [6, 6.07) is 5.69. The van der Waals surface area contributed by atoms with Gasteiger partial charge >= 0.3 is 6.18 Å². The van der Waals surface area contributed by atoms with Gasteiger partial charge in [0.05, 0.1) is 5.92 Å². The van der Waals surface area contributed by atoms with Gasteiger partial charge in [0.2, 0.25) is 0 Å². The van der Waals surface area contributed by atoms with Gasteiger partial charge in [0.25, 0.3) is 0 Å². The predicted molar refractivity (Wildman–Crippen MR) is 74.3 cm³/mol. The Kier molecular flexibility index (Phi) is 4.43. The van der Waals surface area contributed by atoms with Crippen LogP contribution in [-0.4, -0.2) is 12.2 Å². The Morgan fingerprint density at radius 3 is 2.63 bits per heavy atom. The first kappa shape index (κ1) is 14.7. The number of halogens is 4. The van der Waals surface area contributed by atoms with Crippen molar-refractivity contribution in [2.24, 2.45) is 5.92 Å². The molecule has 5 heteroatoms. The zero-order chi connectivity index (χ0) is 14.0. The lowest BCUT2D eigenvalue weighted by atomic mass is 9.85. The van der Waals surface area contributed by atoms with E-state index in [-0.39, 0.29) is 18.9 Å². The van der Waals surface area contributed by atoms with Crippen LogP contribution in [0.25, 0.3) is 0 Å².